The van der Waals surface area contributed by atoms with Crippen molar-refractivity contribution in [1.29, 1.82) is 0 Å². The van der Waals surface area contributed by atoms with E-state index in [0.717, 1.165) is 6.07 Å². The van der Waals surface area contributed by atoms with Gasteiger partial charge >= 0.3 is 11.5 Å². The van der Waals surface area contributed by atoms with E-state index >= 15 is 0 Å². The Bertz CT molecular complexity index is 945. The van der Waals surface area contributed by atoms with Gasteiger partial charge in [-0.3, -0.25) is 0 Å². The molecule has 5 nitrogen and oxygen atoms in total. The molecule has 0 aliphatic carbocycles. The van der Waals surface area contributed by atoms with Gasteiger partial charge in [0.2, 0.25) is 0 Å². The van der Waals surface area contributed by atoms with E-state index in [1.807, 2.05) is 0 Å². The smallest absolute Gasteiger partial charge is 0.501 e. The molecule has 0 saturated carbocycles. The van der Waals surface area contributed by atoms with Crippen molar-refractivity contribution in [2.75, 3.05) is 0 Å². The van der Waals surface area contributed by atoms with Crippen LogP contribution in [0.2, 0.25) is 0 Å². The number of carbonyl (C=O) groups is 1. The van der Waals surface area contributed by atoms with Crippen LogP contribution in [0.25, 0.3) is 0 Å². The van der Waals surface area contributed by atoms with Crippen LogP contribution in [-0.4, -0.2) is 29.6 Å². The Balaban J connectivity index is 2.50. The second-order valence-electron chi connectivity index (χ2n) is 5.07. The number of benzene rings is 2. The van der Waals surface area contributed by atoms with E-state index in [0.29, 0.717) is 22.2 Å². The average Bonchev–Trinajstić information content (AvgIpc) is 2.53. The minimum atomic E-state index is -5.77. The summed E-state index contributed by atoms with van der Waals surface area (Å²) in [5.41, 5.74) is -5.74. The van der Waals surface area contributed by atoms with Crippen molar-refractivity contribution in [3.8, 4) is 0 Å². The number of carboxylic acid groups (broad SMARTS) is 1. The highest BCUT2D eigenvalue weighted by atomic mass is 79.9. The van der Waals surface area contributed by atoms with Crippen molar-refractivity contribution in [2.45, 2.75) is 21.1 Å². The Morgan fingerprint density at radius 1 is 1.19 bits per heavy atom. The Hall–Kier alpha value is -1.56. The molecule has 1 atom stereocenters. The molecule has 0 spiro atoms. The molecular formula is C15H10BrF3O5S2. The summed E-state index contributed by atoms with van der Waals surface area (Å²) in [5, 5.41) is 9.03. The maximum Gasteiger partial charge on any atom is 0.501 e. The molecule has 1 unspecified atom stereocenters. The Labute approximate surface area is 158 Å². The molecular weight excluding hydrogens is 461 g/mol. The molecule has 0 heterocycles. The second kappa shape index (κ2) is 7.59. The van der Waals surface area contributed by atoms with Gasteiger partial charge in [-0.2, -0.15) is 13.2 Å². The van der Waals surface area contributed by atoms with Gasteiger partial charge in [0.05, 0.1) is 10.5 Å². The molecule has 140 valence electrons. The number of sulfone groups is 1. The van der Waals surface area contributed by atoms with E-state index in [1.54, 1.807) is 24.3 Å². The maximum atomic E-state index is 12.8. The van der Waals surface area contributed by atoms with Gasteiger partial charge in [-0.25, -0.2) is 13.2 Å². The van der Waals surface area contributed by atoms with Crippen molar-refractivity contribution in [3.63, 3.8) is 0 Å². The van der Waals surface area contributed by atoms with Gasteiger partial charge in [0.1, 0.15) is 5.75 Å². The molecule has 0 bridgehead atoms. The first kappa shape index (κ1) is 20.7. The fraction of sp³-hybridized carbons (Fsp3) is 0.133. The predicted molar refractivity (Wildman–Crippen MR) is 90.9 cm³/mol. The Morgan fingerprint density at radius 2 is 1.85 bits per heavy atom. The lowest BCUT2D eigenvalue weighted by molar-refractivity contribution is -0.0436. The molecule has 0 aliphatic rings. The molecule has 2 aromatic carbocycles. The molecule has 2 aromatic rings. The topological polar surface area (TPSA) is 94.5 Å². The van der Waals surface area contributed by atoms with Crippen LogP contribution in [0.15, 0.2) is 56.7 Å². The van der Waals surface area contributed by atoms with Gasteiger partial charge in [-0.1, -0.05) is 28.1 Å². The zero-order valence-electron chi connectivity index (χ0n) is 12.7. The average molecular weight is 471 g/mol. The highest BCUT2D eigenvalue weighted by Crippen LogP contribution is 2.32. The molecule has 2 rings (SSSR count). The third kappa shape index (κ3) is 4.58. The lowest BCUT2D eigenvalue weighted by Crippen LogP contribution is -2.24. The minimum Gasteiger partial charge on any atom is -0.611 e. The van der Waals surface area contributed by atoms with E-state index in [1.165, 1.54) is 0 Å². The third-order valence-corrected chi connectivity index (χ3v) is 6.51. The molecule has 1 N–H and O–H groups in total. The van der Waals surface area contributed by atoms with Gasteiger partial charge in [-0.05, 0) is 29.4 Å². The summed E-state index contributed by atoms with van der Waals surface area (Å²) in [6, 6.07) is 8.50. The van der Waals surface area contributed by atoms with Crippen LogP contribution in [-0.2, 0) is 26.8 Å². The standard InChI is InChI=1S/C15H10BrF3O5S2/c16-11-3-1-2-9(4-11)8-25(22)12-5-10(14(20)21)6-13(7-12)26(23,24)15(17,18)19/h1-7H,8H2,(H,20,21). The van der Waals surface area contributed by atoms with Crippen molar-refractivity contribution >= 4 is 42.9 Å². The largest absolute Gasteiger partial charge is 0.611 e. The van der Waals surface area contributed by atoms with E-state index in [4.69, 9.17) is 5.11 Å². The summed E-state index contributed by atoms with van der Waals surface area (Å²) in [6.45, 7) is 0. The lowest BCUT2D eigenvalue weighted by atomic mass is 10.2. The third-order valence-electron chi connectivity index (χ3n) is 3.19. The van der Waals surface area contributed by atoms with Gasteiger partial charge < -0.3 is 9.66 Å². The monoisotopic (exact) mass is 470 g/mol. The van der Waals surface area contributed by atoms with Gasteiger partial charge in [0.25, 0.3) is 9.84 Å². The van der Waals surface area contributed by atoms with E-state index < -0.39 is 42.9 Å². The first-order valence-electron chi connectivity index (χ1n) is 6.74. The number of alkyl halides is 3. The van der Waals surface area contributed by atoms with Crippen molar-refractivity contribution in [2.24, 2.45) is 0 Å². The van der Waals surface area contributed by atoms with E-state index in [9.17, 15) is 30.9 Å². The predicted octanol–water partition coefficient (Wildman–Crippen LogP) is 3.75. The van der Waals surface area contributed by atoms with E-state index in [-0.39, 0.29) is 10.6 Å². The number of aromatic carboxylic acids is 1. The fourth-order valence-electron chi connectivity index (χ4n) is 1.98. The zero-order chi connectivity index (χ0) is 19.7. The Morgan fingerprint density at radius 3 is 2.38 bits per heavy atom. The molecule has 0 saturated heterocycles. The van der Waals surface area contributed by atoms with Gasteiger partial charge in [-0.15, -0.1) is 0 Å². The quantitative estimate of drug-likeness (QED) is 0.671. The minimum absolute atomic E-state index is 0.131. The number of rotatable bonds is 5. The maximum absolute atomic E-state index is 12.8. The summed E-state index contributed by atoms with van der Waals surface area (Å²) in [6.07, 6.45) is 0. The summed E-state index contributed by atoms with van der Waals surface area (Å²) >= 11 is 1.26. The Kier molecular flexibility index (Phi) is 6.06. The number of halogens is 4. The highest BCUT2D eigenvalue weighted by molar-refractivity contribution is 9.10. The van der Waals surface area contributed by atoms with Crippen molar-refractivity contribution in [3.05, 3.63) is 58.1 Å². The molecule has 0 amide bonds. The van der Waals surface area contributed by atoms with Crippen LogP contribution in [0.5, 0.6) is 0 Å². The van der Waals surface area contributed by atoms with Gasteiger partial charge in [0, 0.05) is 22.2 Å². The van der Waals surface area contributed by atoms with Crippen LogP contribution in [0, 0.1) is 0 Å². The van der Waals surface area contributed by atoms with Crippen LogP contribution >= 0.6 is 15.9 Å². The highest BCUT2D eigenvalue weighted by Gasteiger charge is 2.47. The first-order chi connectivity index (χ1) is 11.9. The number of carboxylic acids is 1. The van der Waals surface area contributed by atoms with Crippen LogP contribution in [0.4, 0.5) is 13.2 Å². The fourth-order valence-corrected chi connectivity index (χ4v) is 4.50. The number of hydrogen-bond donors (Lipinski definition) is 1. The molecule has 0 aliphatic heterocycles. The van der Waals surface area contributed by atoms with Crippen molar-refractivity contribution < 1.29 is 36.0 Å². The summed E-state index contributed by atoms with van der Waals surface area (Å²) in [7, 11) is -5.77. The van der Waals surface area contributed by atoms with Crippen LogP contribution < -0.4 is 0 Å². The summed E-state index contributed by atoms with van der Waals surface area (Å²) < 4.78 is 74.6. The first-order valence-corrected chi connectivity index (χ1v) is 10.3. The molecule has 11 heteroatoms. The molecule has 0 radical (unpaired) electrons. The van der Waals surface area contributed by atoms with Gasteiger partial charge in [0.15, 0.2) is 4.90 Å². The van der Waals surface area contributed by atoms with Crippen LogP contribution in [0.3, 0.4) is 0 Å². The second-order valence-corrected chi connectivity index (χ2v) is 9.38. The summed E-state index contributed by atoms with van der Waals surface area (Å²) in [5.74, 6) is -1.77. The normalized spacial score (nSPS) is 13.4. The number of hydrogen-bond acceptors (Lipinski definition) is 4. The lowest BCUT2D eigenvalue weighted by Gasteiger charge is -2.14. The molecule has 26 heavy (non-hydrogen) atoms. The SMILES string of the molecule is O=C(O)c1cc([S+]([O-])Cc2cccc(Br)c2)cc(S(=O)(=O)C(F)(F)F)c1. The molecule has 0 fully saturated rings. The molecule has 0 aromatic heterocycles. The zero-order valence-corrected chi connectivity index (χ0v) is 15.9. The van der Waals surface area contributed by atoms with E-state index in [2.05, 4.69) is 15.9 Å². The van der Waals surface area contributed by atoms with Crippen molar-refractivity contribution in [1.82, 2.24) is 0 Å². The van der Waals surface area contributed by atoms with Crippen LogP contribution in [0.1, 0.15) is 15.9 Å². The summed E-state index contributed by atoms with van der Waals surface area (Å²) in [4.78, 5) is 9.54.